The van der Waals surface area contributed by atoms with Crippen LogP contribution in [0.1, 0.15) is 22.3 Å². The lowest BCUT2D eigenvalue weighted by Crippen LogP contribution is -2.42. The summed E-state index contributed by atoms with van der Waals surface area (Å²) < 4.78 is 7.08. The monoisotopic (exact) mass is 476 g/mol. The molecule has 1 saturated heterocycles. The van der Waals surface area contributed by atoms with E-state index in [1.165, 1.54) is 5.56 Å². The predicted octanol–water partition coefficient (Wildman–Crippen LogP) is 2.32. The summed E-state index contributed by atoms with van der Waals surface area (Å²) in [7, 11) is 2.03. The maximum absolute atomic E-state index is 13.0. The molecule has 8 heteroatoms. The fraction of sp³-hybridized carbons (Fsp3) is 0.370. The first-order valence-electron chi connectivity index (χ1n) is 12.0. The van der Waals surface area contributed by atoms with Crippen molar-refractivity contribution in [2.75, 3.05) is 46.4 Å². The fourth-order valence-corrected chi connectivity index (χ4v) is 4.34. The van der Waals surface area contributed by atoms with E-state index in [0.29, 0.717) is 43.8 Å². The first kappa shape index (κ1) is 24.6. The van der Waals surface area contributed by atoms with Crippen molar-refractivity contribution >= 4 is 28.5 Å². The van der Waals surface area contributed by atoms with Gasteiger partial charge in [0.05, 0.1) is 18.8 Å². The van der Waals surface area contributed by atoms with Crippen LogP contribution in [0.3, 0.4) is 0 Å². The number of Topliss-reactive ketones (excluding diaryl/α,β-unsaturated/α-hetero) is 1. The van der Waals surface area contributed by atoms with Crippen molar-refractivity contribution in [3.8, 4) is 0 Å². The first-order chi connectivity index (χ1) is 17.0. The number of benzene rings is 2. The summed E-state index contributed by atoms with van der Waals surface area (Å²) >= 11 is 0. The van der Waals surface area contributed by atoms with E-state index in [2.05, 4.69) is 22.3 Å². The lowest BCUT2D eigenvalue weighted by atomic mass is 10.1. The van der Waals surface area contributed by atoms with Crippen LogP contribution in [-0.4, -0.2) is 78.4 Å². The van der Waals surface area contributed by atoms with Crippen LogP contribution >= 0.6 is 0 Å². The second-order valence-corrected chi connectivity index (χ2v) is 8.84. The Labute approximate surface area is 205 Å². The van der Waals surface area contributed by atoms with Gasteiger partial charge in [-0.3, -0.25) is 14.4 Å². The van der Waals surface area contributed by atoms with Crippen LogP contribution in [0, 0.1) is 0 Å². The average Bonchev–Trinajstić information content (AvgIpc) is 3.25. The van der Waals surface area contributed by atoms with Gasteiger partial charge in [0, 0.05) is 43.3 Å². The Morgan fingerprint density at radius 1 is 1.00 bits per heavy atom. The van der Waals surface area contributed by atoms with Gasteiger partial charge in [-0.25, -0.2) is 0 Å². The number of morpholine rings is 1. The van der Waals surface area contributed by atoms with Crippen LogP contribution in [-0.2, 0) is 27.4 Å². The third-order valence-electron chi connectivity index (χ3n) is 6.21. The van der Waals surface area contributed by atoms with Gasteiger partial charge >= 0.3 is 0 Å². The zero-order chi connectivity index (χ0) is 24.6. The maximum Gasteiger partial charge on any atom is 0.292 e. The van der Waals surface area contributed by atoms with Gasteiger partial charge in [0.2, 0.25) is 5.91 Å². The molecule has 1 aromatic heterocycles. The van der Waals surface area contributed by atoms with E-state index in [4.69, 9.17) is 4.74 Å². The lowest BCUT2D eigenvalue weighted by molar-refractivity contribution is -0.135. The normalized spacial score (nSPS) is 13.8. The molecule has 1 aliphatic heterocycles. The standard InChI is InChI=1S/C27H32N4O4/c1-29(18-21-8-3-2-4-9-21)13-7-12-28-27(34)26(33)23-19-31(24-11-6-5-10-22(23)24)20-25(32)30-14-16-35-17-15-30/h2-6,8-11,19H,7,12-18,20H2,1H3,(H,28,34). The van der Waals surface area contributed by atoms with Crippen molar-refractivity contribution in [3.05, 3.63) is 71.9 Å². The number of carbonyl (C=O) groups excluding carboxylic acids is 3. The van der Waals surface area contributed by atoms with Crippen molar-refractivity contribution in [2.45, 2.75) is 19.5 Å². The quantitative estimate of drug-likeness (QED) is 0.276. The average molecular weight is 477 g/mol. The summed E-state index contributed by atoms with van der Waals surface area (Å²) in [5.41, 5.74) is 2.31. The number of nitrogens with zero attached hydrogens (tertiary/aromatic N) is 3. The SMILES string of the molecule is CN(CCCNC(=O)C(=O)c1cn(CC(=O)N2CCOCC2)c2ccccc12)Cc1ccccc1. The molecule has 1 fully saturated rings. The minimum absolute atomic E-state index is 0.0304. The number of rotatable bonds is 10. The molecule has 0 radical (unpaired) electrons. The van der Waals surface area contributed by atoms with Gasteiger partial charge in [0.15, 0.2) is 0 Å². The van der Waals surface area contributed by atoms with Gasteiger partial charge in [0.25, 0.3) is 11.7 Å². The van der Waals surface area contributed by atoms with Crippen molar-refractivity contribution in [2.24, 2.45) is 0 Å². The van der Waals surface area contributed by atoms with Crippen LogP contribution in [0.5, 0.6) is 0 Å². The second-order valence-electron chi connectivity index (χ2n) is 8.84. The summed E-state index contributed by atoms with van der Waals surface area (Å²) in [6, 6.07) is 17.6. The molecule has 4 rings (SSSR count). The van der Waals surface area contributed by atoms with E-state index < -0.39 is 11.7 Å². The Bertz CT molecular complexity index is 1170. The topological polar surface area (TPSA) is 83.9 Å². The molecule has 0 unspecified atom stereocenters. The largest absolute Gasteiger partial charge is 0.378 e. The second kappa shape index (κ2) is 11.8. The highest BCUT2D eigenvalue weighted by Crippen LogP contribution is 2.22. The fourth-order valence-electron chi connectivity index (χ4n) is 4.34. The molecular weight excluding hydrogens is 444 g/mol. The molecule has 3 aromatic rings. The molecule has 1 N–H and O–H groups in total. The molecule has 0 spiro atoms. The molecular formula is C27H32N4O4. The Balaban J connectivity index is 1.33. The predicted molar refractivity (Wildman–Crippen MR) is 134 cm³/mol. The Kier molecular flexibility index (Phi) is 8.28. The van der Waals surface area contributed by atoms with Crippen LogP contribution < -0.4 is 5.32 Å². The van der Waals surface area contributed by atoms with Gasteiger partial charge in [-0.05, 0) is 31.6 Å². The minimum atomic E-state index is -0.627. The smallest absolute Gasteiger partial charge is 0.292 e. The number of ketones is 1. The van der Waals surface area contributed by atoms with Crippen molar-refractivity contribution in [3.63, 3.8) is 0 Å². The number of aromatic nitrogens is 1. The highest BCUT2D eigenvalue weighted by molar-refractivity contribution is 6.45. The lowest BCUT2D eigenvalue weighted by Gasteiger charge is -2.27. The molecule has 35 heavy (non-hydrogen) atoms. The van der Waals surface area contributed by atoms with Gasteiger partial charge in [-0.1, -0.05) is 48.5 Å². The van der Waals surface area contributed by atoms with E-state index in [-0.39, 0.29) is 12.5 Å². The molecule has 2 aromatic carbocycles. The van der Waals surface area contributed by atoms with Gasteiger partial charge in [-0.2, -0.15) is 0 Å². The van der Waals surface area contributed by atoms with Crippen molar-refractivity contribution in [1.82, 2.24) is 19.7 Å². The third-order valence-corrected chi connectivity index (χ3v) is 6.21. The van der Waals surface area contributed by atoms with Gasteiger partial charge in [0.1, 0.15) is 6.54 Å². The number of nitrogens with one attached hydrogen (secondary N) is 1. The summed E-state index contributed by atoms with van der Waals surface area (Å²) in [6.07, 6.45) is 2.36. The molecule has 1 aliphatic rings. The maximum atomic E-state index is 13.0. The van der Waals surface area contributed by atoms with E-state index in [1.54, 1.807) is 15.7 Å². The number of ether oxygens (including phenoxy) is 1. The summed E-state index contributed by atoms with van der Waals surface area (Å²) in [5, 5.41) is 3.42. The Hall–Kier alpha value is -3.49. The Morgan fingerprint density at radius 3 is 2.49 bits per heavy atom. The molecule has 0 atom stereocenters. The zero-order valence-electron chi connectivity index (χ0n) is 20.1. The molecule has 0 bridgehead atoms. The summed E-state index contributed by atoms with van der Waals surface area (Å²) in [4.78, 5) is 42.3. The Morgan fingerprint density at radius 2 is 1.71 bits per heavy atom. The van der Waals surface area contributed by atoms with Crippen LogP contribution in [0.25, 0.3) is 10.9 Å². The minimum Gasteiger partial charge on any atom is -0.378 e. The molecule has 8 nitrogen and oxygen atoms in total. The van der Waals surface area contributed by atoms with E-state index in [1.807, 2.05) is 49.5 Å². The number of fused-ring (bicyclic) bond motifs is 1. The number of hydrogen-bond donors (Lipinski definition) is 1. The summed E-state index contributed by atoms with van der Waals surface area (Å²) in [6.45, 7) is 4.34. The number of carbonyl (C=O) groups is 3. The molecule has 0 aliphatic carbocycles. The third kappa shape index (κ3) is 6.35. The molecule has 0 saturated carbocycles. The highest BCUT2D eigenvalue weighted by Gasteiger charge is 2.23. The number of para-hydroxylation sites is 1. The zero-order valence-corrected chi connectivity index (χ0v) is 20.1. The first-order valence-corrected chi connectivity index (χ1v) is 12.0. The van der Waals surface area contributed by atoms with Crippen LogP contribution in [0.4, 0.5) is 0 Å². The highest BCUT2D eigenvalue weighted by atomic mass is 16.5. The van der Waals surface area contributed by atoms with Crippen LogP contribution in [0.2, 0.25) is 0 Å². The van der Waals surface area contributed by atoms with Gasteiger partial charge in [-0.15, -0.1) is 0 Å². The van der Waals surface area contributed by atoms with E-state index >= 15 is 0 Å². The number of amides is 2. The van der Waals surface area contributed by atoms with E-state index in [9.17, 15) is 14.4 Å². The number of hydrogen-bond acceptors (Lipinski definition) is 5. The van der Waals surface area contributed by atoms with Crippen LogP contribution in [0.15, 0.2) is 60.8 Å². The van der Waals surface area contributed by atoms with E-state index in [0.717, 1.165) is 25.0 Å². The van der Waals surface area contributed by atoms with Crippen molar-refractivity contribution in [1.29, 1.82) is 0 Å². The summed E-state index contributed by atoms with van der Waals surface area (Å²) in [5.74, 6) is -1.24. The molecule has 2 amide bonds. The van der Waals surface area contributed by atoms with Crippen molar-refractivity contribution < 1.29 is 19.1 Å². The molecule has 2 heterocycles. The molecule has 184 valence electrons. The van der Waals surface area contributed by atoms with Gasteiger partial charge < -0.3 is 24.4 Å².